The number of ether oxygens (including phenoxy) is 1. The molecule has 98 valence electrons. The Kier molecular flexibility index (Phi) is 4.49. The molecular formula is C12H22N2O2S. The first-order chi connectivity index (χ1) is 7.84. The van der Waals surface area contributed by atoms with Crippen LogP contribution in [-0.2, 0) is 9.53 Å². The van der Waals surface area contributed by atoms with Gasteiger partial charge in [-0.15, -0.1) is 0 Å². The number of nitrogens with one attached hydrogen (secondary N) is 1. The van der Waals surface area contributed by atoms with E-state index in [1.54, 1.807) is 21.0 Å². The van der Waals surface area contributed by atoms with Crippen molar-refractivity contribution in [1.29, 1.82) is 0 Å². The number of amides is 1. The summed E-state index contributed by atoms with van der Waals surface area (Å²) in [6.45, 7) is 4.94. The number of hydrogen-bond donors (Lipinski definition) is 2. The highest BCUT2D eigenvalue weighted by Gasteiger charge is 2.43. The Balaban J connectivity index is 2.41. The van der Waals surface area contributed by atoms with Gasteiger partial charge in [-0.1, -0.05) is 12.2 Å². The molecule has 0 radical (unpaired) electrons. The maximum atomic E-state index is 11.9. The number of hydrogen-bond acceptors (Lipinski definition) is 3. The summed E-state index contributed by atoms with van der Waals surface area (Å²) in [5, 5.41) is 2.95. The van der Waals surface area contributed by atoms with E-state index in [-0.39, 0.29) is 16.3 Å². The maximum absolute atomic E-state index is 11.9. The Bertz CT molecular complexity index is 312. The second-order valence-electron chi connectivity index (χ2n) is 5.41. The van der Waals surface area contributed by atoms with Crippen molar-refractivity contribution in [3.05, 3.63) is 0 Å². The van der Waals surface area contributed by atoms with Crippen molar-refractivity contribution in [2.45, 2.75) is 33.1 Å². The predicted molar refractivity (Wildman–Crippen MR) is 71.7 cm³/mol. The normalized spacial score (nSPS) is 17.6. The van der Waals surface area contributed by atoms with Gasteiger partial charge in [0.1, 0.15) is 0 Å². The molecule has 0 spiro atoms. The number of thiocarbonyl (C=S) groups is 1. The van der Waals surface area contributed by atoms with Crippen LogP contribution < -0.4 is 11.1 Å². The molecule has 0 aliphatic heterocycles. The average Bonchev–Trinajstić information content (AvgIpc) is 3.03. The first-order valence-electron chi connectivity index (χ1n) is 5.91. The van der Waals surface area contributed by atoms with Gasteiger partial charge in [-0.3, -0.25) is 4.79 Å². The van der Waals surface area contributed by atoms with Crippen LogP contribution in [0, 0.1) is 10.8 Å². The molecule has 1 amide bonds. The van der Waals surface area contributed by atoms with Crippen LogP contribution in [-0.4, -0.2) is 31.2 Å². The lowest BCUT2D eigenvalue weighted by Gasteiger charge is -2.24. The second-order valence-corrected chi connectivity index (χ2v) is 5.85. The average molecular weight is 258 g/mol. The molecule has 5 heteroatoms. The van der Waals surface area contributed by atoms with E-state index in [2.05, 4.69) is 5.32 Å². The molecule has 0 aromatic carbocycles. The van der Waals surface area contributed by atoms with Crippen molar-refractivity contribution in [3.63, 3.8) is 0 Å². The van der Waals surface area contributed by atoms with E-state index in [0.717, 1.165) is 25.9 Å². The van der Waals surface area contributed by atoms with Gasteiger partial charge >= 0.3 is 0 Å². The van der Waals surface area contributed by atoms with Crippen LogP contribution >= 0.6 is 12.2 Å². The standard InChI is InChI=1S/C12H22N2O2S/c1-11(2,9(13)17)10(15)14-8-12(4-5-12)6-7-16-3/h4-8H2,1-3H3,(H2,13,17)(H,14,15). The lowest BCUT2D eigenvalue weighted by molar-refractivity contribution is -0.126. The summed E-state index contributed by atoms with van der Waals surface area (Å²) in [6, 6.07) is 0. The quantitative estimate of drug-likeness (QED) is 0.674. The third kappa shape index (κ3) is 3.64. The summed E-state index contributed by atoms with van der Waals surface area (Å²) in [4.78, 5) is 12.2. The minimum Gasteiger partial charge on any atom is -0.392 e. The van der Waals surface area contributed by atoms with Gasteiger partial charge in [0.05, 0.1) is 10.4 Å². The molecule has 0 bridgehead atoms. The Morgan fingerprint density at radius 1 is 1.53 bits per heavy atom. The van der Waals surface area contributed by atoms with Crippen molar-refractivity contribution < 1.29 is 9.53 Å². The van der Waals surface area contributed by atoms with E-state index in [0.29, 0.717) is 6.54 Å². The highest BCUT2D eigenvalue weighted by atomic mass is 32.1. The number of rotatable bonds is 7. The van der Waals surface area contributed by atoms with Gasteiger partial charge in [0.15, 0.2) is 0 Å². The summed E-state index contributed by atoms with van der Waals surface area (Å²) >= 11 is 4.90. The van der Waals surface area contributed by atoms with E-state index in [9.17, 15) is 4.79 Å². The van der Waals surface area contributed by atoms with Crippen molar-refractivity contribution in [2.75, 3.05) is 20.3 Å². The molecule has 1 rings (SSSR count). The molecule has 0 saturated heterocycles. The van der Waals surface area contributed by atoms with Gasteiger partial charge in [0, 0.05) is 20.3 Å². The fourth-order valence-corrected chi connectivity index (χ4v) is 1.70. The lowest BCUT2D eigenvalue weighted by Crippen LogP contribution is -2.46. The molecule has 0 aromatic rings. The molecule has 0 atom stereocenters. The van der Waals surface area contributed by atoms with E-state index >= 15 is 0 Å². The van der Waals surface area contributed by atoms with E-state index in [1.165, 1.54) is 0 Å². The molecule has 4 nitrogen and oxygen atoms in total. The van der Waals surface area contributed by atoms with E-state index < -0.39 is 5.41 Å². The van der Waals surface area contributed by atoms with Gasteiger partial charge in [0.25, 0.3) is 0 Å². The summed E-state index contributed by atoms with van der Waals surface area (Å²) < 4.78 is 5.08. The number of methoxy groups -OCH3 is 1. The van der Waals surface area contributed by atoms with E-state index in [1.807, 2.05) is 0 Å². The Labute approximate surface area is 108 Å². The molecule has 1 aliphatic carbocycles. The Morgan fingerprint density at radius 3 is 2.53 bits per heavy atom. The minimum atomic E-state index is -0.771. The smallest absolute Gasteiger partial charge is 0.232 e. The largest absolute Gasteiger partial charge is 0.392 e. The third-order valence-corrected chi connectivity index (χ3v) is 4.11. The molecular weight excluding hydrogens is 236 g/mol. The molecule has 17 heavy (non-hydrogen) atoms. The zero-order valence-electron chi connectivity index (χ0n) is 10.8. The van der Waals surface area contributed by atoms with Gasteiger partial charge < -0.3 is 15.8 Å². The van der Waals surface area contributed by atoms with Gasteiger partial charge in [-0.25, -0.2) is 0 Å². The minimum absolute atomic E-state index is 0.0892. The predicted octanol–water partition coefficient (Wildman–Crippen LogP) is 1.23. The fourth-order valence-electron chi connectivity index (χ4n) is 1.61. The molecule has 1 fully saturated rings. The van der Waals surface area contributed by atoms with Gasteiger partial charge in [-0.2, -0.15) is 0 Å². The molecule has 0 unspecified atom stereocenters. The Hall–Kier alpha value is -0.680. The van der Waals surface area contributed by atoms with Crippen LogP contribution in [0.2, 0.25) is 0 Å². The third-order valence-electron chi connectivity index (χ3n) is 3.60. The second kappa shape index (κ2) is 5.31. The first-order valence-corrected chi connectivity index (χ1v) is 6.32. The van der Waals surface area contributed by atoms with Crippen LogP contribution in [0.3, 0.4) is 0 Å². The lowest BCUT2D eigenvalue weighted by atomic mass is 9.92. The summed E-state index contributed by atoms with van der Waals surface area (Å²) in [5.41, 5.74) is 5.03. The zero-order chi connectivity index (χ0) is 13.1. The summed E-state index contributed by atoms with van der Waals surface area (Å²) in [5.74, 6) is -0.0892. The summed E-state index contributed by atoms with van der Waals surface area (Å²) in [6.07, 6.45) is 3.31. The van der Waals surface area contributed by atoms with Crippen LogP contribution in [0.25, 0.3) is 0 Å². The fraction of sp³-hybridized carbons (Fsp3) is 0.833. The van der Waals surface area contributed by atoms with Crippen molar-refractivity contribution in [1.82, 2.24) is 5.32 Å². The highest BCUT2D eigenvalue weighted by molar-refractivity contribution is 7.80. The van der Waals surface area contributed by atoms with Gasteiger partial charge in [-0.05, 0) is 38.5 Å². The van der Waals surface area contributed by atoms with Crippen molar-refractivity contribution in [2.24, 2.45) is 16.6 Å². The van der Waals surface area contributed by atoms with Gasteiger partial charge in [0.2, 0.25) is 5.91 Å². The molecule has 0 aromatic heterocycles. The first kappa shape index (κ1) is 14.4. The molecule has 1 aliphatic rings. The molecule has 1 saturated carbocycles. The SMILES string of the molecule is COCCC1(CNC(=O)C(C)(C)C(N)=S)CC1. The maximum Gasteiger partial charge on any atom is 0.232 e. The van der Waals surface area contributed by atoms with Crippen LogP contribution in [0.5, 0.6) is 0 Å². The number of carbonyl (C=O) groups is 1. The highest BCUT2D eigenvalue weighted by Crippen LogP contribution is 2.48. The zero-order valence-corrected chi connectivity index (χ0v) is 11.7. The topological polar surface area (TPSA) is 64.3 Å². The summed E-state index contributed by atoms with van der Waals surface area (Å²) in [7, 11) is 1.70. The van der Waals surface area contributed by atoms with Crippen molar-refractivity contribution in [3.8, 4) is 0 Å². The number of nitrogens with two attached hydrogens (primary N) is 1. The van der Waals surface area contributed by atoms with E-state index in [4.69, 9.17) is 22.7 Å². The number of carbonyl (C=O) groups excluding carboxylic acids is 1. The molecule has 3 N–H and O–H groups in total. The van der Waals surface area contributed by atoms with Crippen LogP contribution in [0.15, 0.2) is 0 Å². The molecule has 0 heterocycles. The van der Waals surface area contributed by atoms with Crippen LogP contribution in [0.1, 0.15) is 33.1 Å². The Morgan fingerprint density at radius 2 is 2.12 bits per heavy atom. The van der Waals surface area contributed by atoms with Crippen LogP contribution in [0.4, 0.5) is 0 Å². The monoisotopic (exact) mass is 258 g/mol. The van der Waals surface area contributed by atoms with Crippen molar-refractivity contribution >= 4 is 23.1 Å².